The van der Waals surface area contributed by atoms with Crippen LogP contribution in [0.15, 0.2) is 197 Å². The molecule has 0 atom stereocenters. The molecule has 2 aromatic heterocycles. The topological polar surface area (TPSA) is 29.5 Å². The van der Waals surface area contributed by atoms with Crippen molar-refractivity contribution < 1.29 is 8.83 Å². The molecule has 0 N–H and O–H groups in total. The zero-order chi connectivity index (χ0) is 38.5. The molecule has 58 heavy (non-hydrogen) atoms. The van der Waals surface area contributed by atoms with E-state index in [0.29, 0.717) is 0 Å². The first-order valence-corrected chi connectivity index (χ1v) is 20.0. The number of anilines is 3. The maximum Gasteiger partial charge on any atom is 0.143 e. The summed E-state index contributed by atoms with van der Waals surface area (Å²) in [6.07, 6.45) is 0. The van der Waals surface area contributed by atoms with Gasteiger partial charge in [0.05, 0.1) is 5.69 Å². The van der Waals surface area contributed by atoms with Gasteiger partial charge in [-0.25, -0.2) is 0 Å². The number of nitrogens with zero attached hydrogens (tertiary/aromatic N) is 1. The summed E-state index contributed by atoms with van der Waals surface area (Å²) in [5.41, 5.74) is 16.6. The molecule has 2 heterocycles. The lowest BCUT2D eigenvalue weighted by atomic mass is 9.81. The molecule has 0 saturated carbocycles. The van der Waals surface area contributed by atoms with Crippen molar-refractivity contribution in [1.82, 2.24) is 0 Å². The lowest BCUT2D eigenvalue weighted by molar-refractivity contribution is 0.661. The van der Waals surface area contributed by atoms with Crippen molar-refractivity contribution in [3.63, 3.8) is 0 Å². The maximum absolute atomic E-state index is 6.62. The average molecular weight is 744 g/mol. The smallest absolute Gasteiger partial charge is 0.143 e. The molecule has 3 nitrogen and oxygen atoms in total. The largest absolute Gasteiger partial charge is 0.456 e. The number of furan rings is 2. The molecule has 0 spiro atoms. The maximum atomic E-state index is 6.62. The van der Waals surface area contributed by atoms with Gasteiger partial charge in [0.25, 0.3) is 0 Å². The molecule has 0 amide bonds. The number of rotatable bonds is 5. The number of hydrogen-bond donors (Lipinski definition) is 0. The first kappa shape index (κ1) is 32.8. The van der Waals surface area contributed by atoms with Gasteiger partial charge in [0.2, 0.25) is 0 Å². The minimum absolute atomic E-state index is 0.208. The third kappa shape index (κ3) is 4.74. The minimum Gasteiger partial charge on any atom is -0.456 e. The van der Waals surface area contributed by atoms with Crippen LogP contribution in [0, 0.1) is 0 Å². The Morgan fingerprint density at radius 2 is 1.05 bits per heavy atom. The molecule has 11 aromatic rings. The second-order valence-electron chi connectivity index (χ2n) is 16.0. The first-order valence-electron chi connectivity index (χ1n) is 20.0. The van der Waals surface area contributed by atoms with E-state index in [9.17, 15) is 0 Å². The fraction of sp³-hybridized carbons (Fsp3) is 0.0545. The average Bonchev–Trinajstić information content (AvgIpc) is 3.92. The fourth-order valence-electron chi connectivity index (χ4n) is 9.84. The zero-order valence-corrected chi connectivity index (χ0v) is 32.2. The van der Waals surface area contributed by atoms with E-state index in [1.54, 1.807) is 0 Å². The van der Waals surface area contributed by atoms with Crippen LogP contribution in [-0.4, -0.2) is 0 Å². The van der Waals surface area contributed by atoms with E-state index in [4.69, 9.17) is 8.83 Å². The molecule has 0 fully saturated rings. The predicted molar refractivity (Wildman–Crippen MR) is 242 cm³/mol. The Bertz CT molecular complexity index is 3440. The van der Waals surface area contributed by atoms with Gasteiger partial charge in [-0.2, -0.15) is 0 Å². The van der Waals surface area contributed by atoms with E-state index in [2.05, 4.69) is 195 Å². The Hall–Kier alpha value is -7.36. The van der Waals surface area contributed by atoms with Crippen LogP contribution >= 0.6 is 0 Å². The number of para-hydroxylation sites is 1. The van der Waals surface area contributed by atoms with Crippen LogP contribution in [0.5, 0.6) is 0 Å². The summed E-state index contributed by atoms with van der Waals surface area (Å²) in [5, 5.41) is 6.84. The van der Waals surface area contributed by atoms with E-state index in [1.807, 2.05) is 12.1 Å². The summed E-state index contributed by atoms with van der Waals surface area (Å²) in [7, 11) is 0. The van der Waals surface area contributed by atoms with Crippen LogP contribution in [0.4, 0.5) is 17.1 Å². The van der Waals surface area contributed by atoms with Gasteiger partial charge in [-0.1, -0.05) is 147 Å². The normalized spacial score (nSPS) is 13.1. The highest BCUT2D eigenvalue weighted by Crippen LogP contribution is 2.54. The Kier molecular flexibility index (Phi) is 6.98. The summed E-state index contributed by atoms with van der Waals surface area (Å²) in [6.45, 7) is 4.73. The number of hydrogen-bond acceptors (Lipinski definition) is 3. The molecule has 274 valence electrons. The standard InChI is InChI=1S/C55H37NO2/c1-55(2)46-22-7-5-17-42(46)43-21-10-23-47(53(43)55)56(37-30-27-35(28-31-37)39-19-11-25-49-51(39)44-18-6-8-24-48(44)57-49)38-15-9-14-36(33-38)40-20-12-26-50-52(40)45-32-29-34-13-3-4-16-41(34)54(45)58-50/h3-33H,1-2H3. The Labute approximate surface area is 336 Å². The molecule has 9 aromatic carbocycles. The van der Waals surface area contributed by atoms with Crippen molar-refractivity contribution in [3.05, 3.63) is 199 Å². The Balaban J connectivity index is 1.06. The second kappa shape index (κ2) is 12.3. The molecular formula is C55H37NO2. The van der Waals surface area contributed by atoms with E-state index in [0.717, 1.165) is 82.9 Å². The van der Waals surface area contributed by atoms with Crippen LogP contribution in [-0.2, 0) is 5.41 Å². The van der Waals surface area contributed by atoms with Crippen LogP contribution in [0.2, 0.25) is 0 Å². The second-order valence-corrected chi connectivity index (χ2v) is 16.0. The monoisotopic (exact) mass is 743 g/mol. The van der Waals surface area contributed by atoms with E-state index >= 15 is 0 Å². The summed E-state index contributed by atoms with van der Waals surface area (Å²) in [6, 6.07) is 67.7. The van der Waals surface area contributed by atoms with E-state index in [-0.39, 0.29) is 5.41 Å². The van der Waals surface area contributed by atoms with Gasteiger partial charge in [0, 0.05) is 43.7 Å². The van der Waals surface area contributed by atoms with Gasteiger partial charge in [0.15, 0.2) is 0 Å². The van der Waals surface area contributed by atoms with Gasteiger partial charge < -0.3 is 13.7 Å². The third-order valence-corrected chi connectivity index (χ3v) is 12.4. The van der Waals surface area contributed by atoms with Crippen LogP contribution < -0.4 is 4.90 Å². The highest BCUT2D eigenvalue weighted by molar-refractivity contribution is 6.19. The lowest BCUT2D eigenvalue weighted by Gasteiger charge is -2.32. The van der Waals surface area contributed by atoms with Gasteiger partial charge in [-0.15, -0.1) is 0 Å². The molecule has 0 aliphatic heterocycles. The van der Waals surface area contributed by atoms with Crippen molar-refractivity contribution in [3.8, 4) is 33.4 Å². The van der Waals surface area contributed by atoms with Gasteiger partial charge >= 0.3 is 0 Å². The zero-order valence-electron chi connectivity index (χ0n) is 32.2. The van der Waals surface area contributed by atoms with Crippen LogP contribution in [0.25, 0.3) is 88.0 Å². The van der Waals surface area contributed by atoms with Crippen molar-refractivity contribution in [2.75, 3.05) is 4.90 Å². The Morgan fingerprint density at radius 1 is 0.414 bits per heavy atom. The van der Waals surface area contributed by atoms with E-state index < -0.39 is 0 Å². The molecule has 1 aliphatic rings. The van der Waals surface area contributed by atoms with Crippen LogP contribution in [0.1, 0.15) is 25.0 Å². The highest BCUT2D eigenvalue weighted by atomic mass is 16.3. The quantitative estimate of drug-likeness (QED) is 0.176. The number of fused-ring (bicyclic) bond motifs is 11. The van der Waals surface area contributed by atoms with Crippen molar-refractivity contribution in [2.24, 2.45) is 0 Å². The summed E-state index contributed by atoms with van der Waals surface area (Å²) in [5.74, 6) is 0. The molecule has 0 unspecified atom stereocenters. The van der Waals surface area contributed by atoms with Crippen molar-refractivity contribution >= 4 is 71.7 Å². The molecule has 1 aliphatic carbocycles. The predicted octanol–water partition coefficient (Wildman–Crippen LogP) is 15.7. The molecule has 3 heteroatoms. The molecular weight excluding hydrogens is 707 g/mol. The summed E-state index contributed by atoms with van der Waals surface area (Å²) < 4.78 is 12.9. The Morgan fingerprint density at radius 3 is 1.91 bits per heavy atom. The van der Waals surface area contributed by atoms with E-state index in [1.165, 1.54) is 33.3 Å². The summed E-state index contributed by atoms with van der Waals surface area (Å²) >= 11 is 0. The molecule has 0 saturated heterocycles. The minimum atomic E-state index is -0.208. The van der Waals surface area contributed by atoms with Gasteiger partial charge in [-0.3, -0.25) is 0 Å². The van der Waals surface area contributed by atoms with Crippen molar-refractivity contribution in [1.29, 1.82) is 0 Å². The van der Waals surface area contributed by atoms with Crippen molar-refractivity contribution in [2.45, 2.75) is 19.3 Å². The van der Waals surface area contributed by atoms with Crippen LogP contribution in [0.3, 0.4) is 0 Å². The fourth-order valence-corrected chi connectivity index (χ4v) is 9.84. The molecule has 0 radical (unpaired) electrons. The highest BCUT2D eigenvalue weighted by Gasteiger charge is 2.38. The molecule has 12 rings (SSSR count). The lowest BCUT2D eigenvalue weighted by Crippen LogP contribution is -2.20. The van der Waals surface area contributed by atoms with Gasteiger partial charge in [-0.05, 0) is 104 Å². The first-order chi connectivity index (χ1) is 28.5. The number of benzene rings is 9. The summed E-state index contributed by atoms with van der Waals surface area (Å²) in [4.78, 5) is 2.45. The third-order valence-electron chi connectivity index (χ3n) is 12.4. The SMILES string of the molecule is CC1(C)c2ccccc2-c2cccc(N(c3ccc(-c4cccc5oc6ccccc6c45)cc3)c3cccc(-c4cccc5oc6c7ccccc7ccc6c45)c3)c21. The molecule has 0 bridgehead atoms. The van der Waals surface area contributed by atoms with Gasteiger partial charge in [0.1, 0.15) is 22.3 Å².